The maximum atomic E-state index is 11.8. The summed E-state index contributed by atoms with van der Waals surface area (Å²) in [5.74, 6) is -1.27. The lowest BCUT2D eigenvalue weighted by Gasteiger charge is -2.15. The van der Waals surface area contributed by atoms with E-state index in [2.05, 4.69) is 19.1 Å². The number of rotatable bonds is 22. The molecular formula is C26H46O4. The zero-order valence-electron chi connectivity index (χ0n) is 19.6. The van der Waals surface area contributed by atoms with Gasteiger partial charge in [-0.25, -0.2) is 4.79 Å². The second-order valence-electron chi connectivity index (χ2n) is 8.15. The fourth-order valence-corrected chi connectivity index (χ4v) is 3.56. The highest BCUT2D eigenvalue weighted by Crippen LogP contribution is 2.14. The van der Waals surface area contributed by atoms with Gasteiger partial charge in [0, 0.05) is 19.1 Å². The van der Waals surface area contributed by atoms with Gasteiger partial charge in [-0.05, 0) is 45.1 Å². The third-order valence-corrected chi connectivity index (χ3v) is 5.28. The number of aliphatic carboxylic acids is 1. The van der Waals surface area contributed by atoms with Gasteiger partial charge in [0.05, 0.1) is 6.10 Å². The van der Waals surface area contributed by atoms with Gasteiger partial charge < -0.3 is 9.84 Å². The predicted molar refractivity (Wildman–Crippen MR) is 126 cm³/mol. The van der Waals surface area contributed by atoms with Crippen molar-refractivity contribution in [2.75, 3.05) is 6.61 Å². The van der Waals surface area contributed by atoms with E-state index >= 15 is 0 Å². The number of carboxylic acid groups (broad SMARTS) is 1. The van der Waals surface area contributed by atoms with Crippen molar-refractivity contribution >= 4 is 11.8 Å². The second-order valence-corrected chi connectivity index (χ2v) is 8.15. The van der Waals surface area contributed by atoms with E-state index in [1.165, 1.54) is 77.0 Å². The normalized spacial score (nSPS) is 12.7. The minimum atomic E-state index is -1.09. The van der Waals surface area contributed by atoms with E-state index in [4.69, 9.17) is 9.84 Å². The quantitative estimate of drug-likeness (QED) is 0.112. The SMILES string of the molecule is CCCCCCCC/C=C\CCCCCCCCC(CC(=O)/C=C/C(=O)O)OCC. The molecule has 1 unspecified atom stereocenters. The topological polar surface area (TPSA) is 63.6 Å². The third kappa shape index (κ3) is 21.3. The van der Waals surface area contributed by atoms with Crippen LogP contribution in [-0.2, 0) is 14.3 Å². The van der Waals surface area contributed by atoms with Crippen molar-refractivity contribution < 1.29 is 19.4 Å². The lowest BCUT2D eigenvalue weighted by Crippen LogP contribution is -2.17. The Balaban J connectivity index is 3.58. The average Bonchev–Trinajstić information content (AvgIpc) is 2.72. The van der Waals surface area contributed by atoms with Crippen LogP contribution in [0, 0.1) is 0 Å². The third-order valence-electron chi connectivity index (χ3n) is 5.28. The van der Waals surface area contributed by atoms with Gasteiger partial charge in [-0.3, -0.25) is 4.79 Å². The van der Waals surface area contributed by atoms with Gasteiger partial charge in [-0.1, -0.05) is 83.3 Å². The largest absolute Gasteiger partial charge is 0.478 e. The summed E-state index contributed by atoms with van der Waals surface area (Å²) in [7, 11) is 0. The first-order valence-corrected chi connectivity index (χ1v) is 12.3. The Morgan fingerprint density at radius 3 is 1.83 bits per heavy atom. The number of carboxylic acids is 1. The lowest BCUT2D eigenvalue weighted by atomic mass is 10.0. The molecule has 0 aliphatic heterocycles. The Morgan fingerprint density at radius 1 is 0.767 bits per heavy atom. The lowest BCUT2D eigenvalue weighted by molar-refractivity contribution is -0.131. The number of carbonyl (C=O) groups excluding carboxylic acids is 1. The minimum absolute atomic E-state index is 0.0993. The van der Waals surface area contributed by atoms with Crippen LogP contribution in [0.25, 0.3) is 0 Å². The number of hydrogen-bond donors (Lipinski definition) is 1. The van der Waals surface area contributed by atoms with Crippen molar-refractivity contribution in [1.82, 2.24) is 0 Å². The summed E-state index contributed by atoms with van der Waals surface area (Å²) in [6, 6.07) is 0. The number of ketones is 1. The van der Waals surface area contributed by atoms with E-state index in [0.29, 0.717) is 6.61 Å². The summed E-state index contributed by atoms with van der Waals surface area (Å²) in [6.45, 7) is 4.76. The zero-order chi connectivity index (χ0) is 22.3. The van der Waals surface area contributed by atoms with Crippen LogP contribution >= 0.6 is 0 Å². The molecule has 0 aromatic heterocycles. The monoisotopic (exact) mass is 422 g/mol. The smallest absolute Gasteiger partial charge is 0.328 e. The standard InChI is InChI=1S/C26H46O4/c1-3-5-6-7-8-9-10-11-12-13-14-15-16-17-18-19-20-25(30-4-2)23-24(27)21-22-26(28)29/h11-12,21-22,25H,3-10,13-20,23H2,1-2H3,(H,28,29)/b12-11-,22-21+. The van der Waals surface area contributed by atoms with E-state index in [1.807, 2.05) is 6.92 Å². The van der Waals surface area contributed by atoms with Crippen LogP contribution in [0.1, 0.15) is 117 Å². The van der Waals surface area contributed by atoms with Crippen LogP contribution in [-0.4, -0.2) is 29.6 Å². The summed E-state index contributed by atoms with van der Waals surface area (Å²) < 4.78 is 5.63. The van der Waals surface area contributed by atoms with Crippen LogP contribution in [0.3, 0.4) is 0 Å². The molecule has 0 aliphatic carbocycles. The first-order chi connectivity index (χ1) is 14.6. The first kappa shape index (κ1) is 28.6. The van der Waals surface area contributed by atoms with Gasteiger partial charge in [0.1, 0.15) is 0 Å². The zero-order valence-corrected chi connectivity index (χ0v) is 19.6. The van der Waals surface area contributed by atoms with Crippen molar-refractivity contribution in [3.8, 4) is 0 Å². The summed E-state index contributed by atoms with van der Waals surface area (Å²) in [5.41, 5.74) is 0. The molecule has 174 valence electrons. The van der Waals surface area contributed by atoms with Gasteiger partial charge in [0.15, 0.2) is 5.78 Å². The van der Waals surface area contributed by atoms with Crippen molar-refractivity contribution in [2.24, 2.45) is 0 Å². The molecular weight excluding hydrogens is 376 g/mol. The Bertz CT molecular complexity index is 468. The van der Waals surface area contributed by atoms with E-state index < -0.39 is 5.97 Å². The fraction of sp³-hybridized carbons (Fsp3) is 0.769. The van der Waals surface area contributed by atoms with E-state index in [0.717, 1.165) is 31.4 Å². The maximum absolute atomic E-state index is 11.8. The van der Waals surface area contributed by atoms with Crippen molar-refractivity contribution in [3.05, 3.63) is 24.3 Å². The number of carbonyl (C=O) groups is 2. The highest BCUT2D eigenvalue weighted by atomic mass is 16.5. The molecule has 1 atom stereocenters. The molecule has 0 rings (SSSR count). The summed E-state index contributed by atoms with van der Waals surface area (Å²) in [4.78, 5) is 22.2. The van der Waals surface area contributed by atoms with E-state index in [9.17, 15) is 9.59 Å². The molecule has 4 heteroatoms. The number of hydrogen-bond acceptors (Lipinski definition) is 3. The molecule has 0 aliphatic rings. The Labute approximate surface area is 185 Å². The average molecular weight is 423 g/mol. The summed E-state index contributed by atoms with van der Waals surface area (Å²) in [5, 5.41) is 8.59. The minimum Gasteiger partial charge on any atom is -0.478 e. The molecule has 0 aromatic carbocycles. The van der Waals surface area contributed by atoms with Crippen LogP contribution in [0.2, 0.25) is 0 Å². The molecule has 0 radical (unpaired) electrons. The van der Waals surface area contributed by atoms with E-state index in [1.54, 1.807) is 0 Å². The van der Waals surface area contributed by atoms with Crippen molar-refractivity contribution in [1.29, 1.82) is 0 Å². The molecule has 4 nitrogen and oxygen atoms in total. The maximum Gasteiger partial charge on any atom is 0.328 e. The molecule has 0 saturated heterocycles. The van der Waals surface area contributed by atoms with Gasteiger partial charge in [-0.15, -0.1) is 0 Å². The van der Waals surface area contributed by atoms with Crippen LogP contribution < -0.4 is 0 Å². The predicted octanol–water partition coefficient (Wildman–Crippen LogP) is 7.42. The Morgan fingerprint density at radius 2 is 1.30 bits per heavy atom. The molecule has 30 heavy (non-hydrogen) atoms. The molecule has 1 N–H and O–H groups in total. The molecule has 0 saturated carbocycles. The number of allylic oxidation sites excluding steroid dienone is 3. The highest BCUT2D eigenvalue weighted by Gasteiger charge is 2.12. The van der Waals surface area contributed by atoms with E-state index in [-0.39, 0.29) is 18.3 Å². The molecule has 0 heterocycles. The summed E-state index contributed by atoms with van der Waals surface area (Å²) in [6.07, 6.45) is 25.7. The summed E-state index contributed by atoms with van der Waals surface area (Å²) >= 11 is 0. The van der Waals surface area contributed by atoms with Crippen molar-refractivity contribution in [2.45, 2.75) is 123 Å². The van der Waals surface area contributed by atoms with Gasteiger partial charge in [0.25, 0.3) is 0 Å². The van der Waals surface area contributed by atoms with Gasteiger partial charge >= 0.3 is 5.97 Å². The van der Waals surface area contributed by atoms with Crippen LogP contribution in [0.4, 0.5) is 0 Å². The fourth-order valence-electron chi connectivity index (χ4n) is 3.56. The van der Waals surface area contributed by atoms with Crippen LogP contribution in [0.5, 0.6) is 0 Å². The second kappa shape index (κ2) is 22.3. The number of ether oxygens (including phenoxy) is 1. The Hall–Kier alpha value is -1.42. The number of unbranched alkanes of at least 4 members (excludes halogenated alkanes) is 12. The highest BCUT2D eigenvalue weighted by molar-refractivity contribution is 5.95. The molecule has 0 bridgehead atoms. The van der Waals surface area contributed by atoms with Gasteiger partial charge in [-0.2, -0.15) is 0 Å². The molecule has 0 spiro atoms. The Kier molecular flexibility index (Phi) is 21.2. The molecule has 0 aromatic rings. The van der Waals surface area contributed by atoms with Crippen LogP contribution in [0.15, 0.2) is 24.3 Å². The van der Waals surface area contributed by atoms with Crippen molar-refractivity contribution in [3.63, 3.8) is 0 Å². The van der Waals surface area contributed by atoms with Gasteiger partial charge in [0.2, 0.25) is 0 Å². The molecule has 0 amide bonds. The first-order valence-electron chi connectivity index (χ1n) is 12.3. The molecule has 0 fully saturated rings.